The third-order valence-corrected chi connectivity index (χ3v) is 3.96. The SMILES string of the molecule is CN(C)C(=O)c1ccc(NC(=O)COC(=O)COc2ccc(Cl)cc2Cl)cc1. The number of ether oxygens (including phenoxy) is 2. The number of hydrogen-bond donors (Lipinski definition) is 1. The maximum atomic E-state index is 11.9. The molecule has 0 atom stereocenters. The average molecular weight is 425 g/mol. The number of nitrogens with one attached hydrogen (secondary N) is 1. The Balaban J connectivity index is 1.77. The summed E-state index contributed by atoms with van der Waals surface area (Å²) < 4.78 is 10.1. The van der Waals surface area contributed by atoms with Crippen LogP contribution in [0, 0.1) is 0 Å². The van der Waals surface area contributed by atoms with Crippen molar-refractivity contribution in [2.24, 2.45) is 0 Å². The fourth-order valence-corrected chi connectivity index (χ4v) is 2.53. The molecular formula is C19H18Cl2N2O5. The van der Waals surface area contributed by atoms with Gasteiger partial charge >= 0.3 is 5.97 Å². The number of benzene rings is 2. The van der Waals surface area contributed by atoms with E-state index in [4.69, 9.17) is 32.7 Å². The summed E-state index contributed by atoms with van der Waals surface area (Å²) in [6.07, 6.45) is 0. The van der Waals surface area contributed by atoms with Crippen molar-refractivity contribution in [3.8, 4) is 5.75 Å². The standard InChI is InChI=1S/C19H18Cl2N2O5/c1-23(2)19(26)12-3-6-14(7-4-12)22-17(24)10-28-18(25)11-27-16-8-5-13(20)9-15(16)21/h3-9H,10-11H2,1-2H3,(H,22,24). The molecule has 0 aliphatic carbocycles. The van der Waals surface area contributed by atoms with E-state index in [-0.39, 0.29) is 16.7 Å². The van der Waals surface area contributed by atoms with Crippen LogP contribution in [0.3, 0.4) is 0 Å². The van der Waals surface area contributed by atoms with E-state index in [1.807, 2.05) is 0 Å². The van der Waals surface area contributed by atoms with Crippen LogP contribution in [0.5, 0.6) is 5.75 Å². The summed E-state index contributed by atoms with van der Waals surface area (Å²) >= 11 is 11.7. The summed E-state index contributed by atoms with van der Waals surface area (Å²) in [4.78, 5) is 36.8. The first kappa shape index (κ1) is 21.5. The summed E-state index contributed by atoms with van der Waals surface area (Å²) in [5, 5.41) is 3.26. The molecular weight excluding hydrogens is 407 g/mol. The van der Waals surface area contributed by atoms with Gasteiger partial charge in [0.05, 0.1) is 5.02 Å². The van der Waals surface area contributed by atoms with Gasteiger partial charge in [0.25, 0.3) is 11.8 Å². The van der Waals surface area contributed by atoms with Crippen LogP contribution in [-0.4, -0.2) is 50.0 Å². The lowest BCUT2D eigenvalue weighted by molar-refractivity contribution is -0.149. The molecule has 2 aromatic rings. The van der Waals surface area contributed by atoms with Gasteiger partial charge in [-0.2, -0.15) is 0 Å². The van der Waals surface area contributed by atoms with E-state index in [0.29, 0.717) is 16.3 Å². The van der Waals surface area contributed by atoms with E-state index in [1.54, 1.807) is 44.4 Å². The predicted molar refractivity (Wildman–Crippen MR) is 106 cm³/mol. The van der Waals surface area contributed by atoms with Crippen LogP contribution in [0.25, 0.3) is 0 Å². The largest absolute Gasteiger partial charge is 0.480 e. The summed E-state index contributed by atoms with van der Waals surface area (Å²) in [5.41, 5.74) is 0.966. The number of carbonyl (C=O) groups is 3. The van der Waals surface area contributed by atoms with Crippen molar-refractivity contribution in [2.75, 3.05) is 32.6 Å². The second kappa shape index (κ2) is 9.96. The Morgan fingerprint density at radius 1 is 1.00 bits per heavy atom. The maximum Gasteiger partial charge on any atom is 0.344 e. The van der Waals surface area contributed by atoms with Crippen molar-refractivity contribution in [3.63, 3.8) is 0 Å². The van der Waals surface area contributed by atoms with Crippen LogP contribution in [0.1, 0.15) is 10.4 Å². The van der Waals surface area contributed by atoms with Gasteiger partial charge in [-0.3, -0.25) is 9.59 Å². The fraction of sp³-hybridized carbons (Fsp3) is 0.211. The first-order valence-corrected chi connectivity index (χ1v) is 8.87. The number of anilines is 1. The van der Waals surface area contributed by atoms with Crippen molar-refractivity contribution in [1.29, 1.82) is 0 Å². The van der Waals surface area contributed by atoms with Crippen LogP contribution < -0.4 is 10.1 Å². The molecule has 2 rings (SSSR count). The molecule has 0 bridgehead atoms. The minimum Gasteiger partial charge on any atom is -0.480 e. The minimum atomic E-state index is -0.729. The topological polar surface area (TPSA) is 84.9 Å². The Kier molecular flexibility index (Phi) is 7.66. The highest BCUT2D eigenvalue weighted by atomic mass is 35.5. The van der Waals surface area contributed by atoms with E-state index in [2.05, 4.69) is 5.32 Å². The van der Waals surface area contributed by atoms with Crippen molar-refractivity contribution in [3.05, 3.63) is 58.1 Å². The summed E-state index contributed by atoms with van der Waals surface area (Å²) in [7, 11) is 3.30. The van der Waals surface area contributed by atoms with Crippen LogP contribution in [0.2, 0.25) is 10.0 Å². The number of esters is 1. The number of carbonyl (C=O) groups excluding carboxylic acids is 3. The van der Waals surface area contributed by atoms with Gasteiger partial charge in [0.2, 0.25) is 0 Å². The first-order chi connectivity index (χ1) is 13.3. The van der Waals surface area contributed by atoms with Gasteiger partial charge in [-0.05, 0) is 42.5 Å². The molecule has 7 nitrogen and oxygen atoms in total. The van der Waals surface area contributed by atoms with Gasteiger partial charge in [-0.15, -0.1) is 0 Å². The summed E-state index contributed by atoms with van der Waals surface area (Å²) in [6, 6.07) is 10.9. The lowest BCUT2D eigenvalue weighted by Gasteiger charge is -2.11. The molecule has 0 unspecified atom stereocenters. The van der Waals surface area contributed by atoms with E-state index >= 15 is 0 Å². The van der Waals surface area contributed by atoms with Gasteiger partial charge in [0.1, 0.15) is 5.75 Å². The number of hydrogen-bond acceptors (Lipinski definition) is 5. The molecule has 9 heteroatoms. The normalized spacial score (nSPS) is 10.1. The molecule has 148 valence electrons. The highest BCUT2D eigenvalue weighted by molar-refractivity contribution is 6.35. The third-order valence-electron chi connectivity index (χ3n) is 3.43. The third kappa shape index (κ3) is 6.44. The summed E-state index contributed by atoms with van der Waals surface area (Å²) in [5.74, 6) is -1.12. The molecule has 0 spiro atoms. The van der Waals surface area contributed by atoms with Crippen molar-refractivity contribution in [1.82, 2.24) is 4.90 Å². The van der Waals surface area contributed by atoms with Crippen molar-refractivity contribution in [2.45, 2.75) is 0 Å². The van der Waals surface area contributed by atoms with Gasteiger partial charge < -0.3 is 19.7 Å². The van der Waals surface area contributed by atoms with Crippen LogP contribution >= 0.6 is 23.2 Å². The molecule has 0 radical (unpaired) electrons. The van der Waals surface area contributed by atoms with E-state index in [1.165, 1.54) is 17.0 Å². The predicted octanol–water partition coefficient (Wildman–Crippen LogP) is 3.26. The molecule has 0 aromatic heterocycles. The summed E-state index contributed by atoms with van der Waals surface area (Å²) in [6.45, 7) is -0.884. The quantitative estimate of drug-likeness (QED) is 0.689. The Bertz CT molecular complexity index is 869. The maximum absolute atomic E-state index is 11.9. The second-order valence-electron chi connectivity index (χ2n) is 5.85. The average Bonchev–Trinajstić information content (AvgIpc) is 2.65. The molecule has 0 saturated heterocycles. The van der Waals surface area contributed by atoms with Crippen molar-refractivity contribution >= 4 is 46.7 Å². The molecule has 0 aliphatic heterocycles. The van der Waals surface area contributed by atoms with E-state index < -0.39 is 25.1 Å². The first-order valence-electron chi connectivity index (χ1n) is 8.11. The van der Waals surface area contributed by atoms with Gasteiger partial charge in [0, 0.05) is 30.4 Å². The molecule has 2 amide bonds. The molecule has 1 N–H and O–H groups in total. The number of nitrogens with zero attached hydrogens (tertiary/aromatic N) is 1. The van der Waals surface area contributed by atoms with Gasteiger partial charge in [-0.1, -0.05) is 23.2 Å². The minimum absolute atomic E-state index is 0.146. The van der Waals surface area contributed by atoms with E-state index in [0.717, 1.165) is 0 Å². The zero-order valence-electron chi connectivity index (χ0n) is 15.2. The molecule has 0 fully saturated rings. The van der Waals surface area contributed by atoms with Crippen LogP contribution in [0.4, 0.5) is 5.69 Å². The number of amides is 2. The number of halogens is 2. The van der Waals surface area contributed by atoms with Crippen molar-refractivity contribution < 1.29 is 23.9 Å². The lowest BCUT2D eigenvalue weighted by Crippen LogP contribution is -2.24. The Labute approximate surface area is 172 Å². The Morgan fingerprint density at radius 3 is 2.29 bits per heavy atom. The molecule has 2 aromatic carbocycles. The Morgan fingerprint density at radius 2 is 1.68 bits per heavy atom. The monoisotopic (exact) mass is 424 g/mol. The molecule has 0 heterocycles. The highest BCUT2D eigenvalue weighted by Gasteiger charge is 2.11. The molecule has 0 saturated carbocycles. The smallest absolute Gasteiger partial charge is 0.344 e. The van der Waals surface area contributed by atoms with Crippen LogP contribution in [-0.2, 0) is 14.3 Å². The zero-order valence-corrected chi connectivity index (χ0v) is 16.7. The molecule has 0 aliphatic rings. The lowest BCUT2D eigenvalue weighted by atomic mass is 10.2. The zero-order chi connectivity index (χ0) is 20.7. The Hall–Kier alpha value is -2.77. The van der Waals surface area contributed by atoms with Gasteiger partial charge in [0.15, 0.2) is 13.2 Å². The van der Waals surface area contributed by atoms with Gasteiger partial charge in [-0.25, -0.2) is 4.79 Å². The molecule has 28 heavy (non-hydrogen) atoms. The number of rotatable bonds is 7. The second-order valence-corrected chi connectivity index (χ2v) is 6.69. The highest BCUT2D eigenvalue weighted by Crippen LogP contribution is 2.27. The van der Waals surface area contributed by atoms with Crippen LogP contribution in [0.15, 0.2) is 42.5 Å². The fourth-order valence-electron chi connectivity index (χ4n) is 2.07. The van der Waals surface area contributed by atoms with E-state index in [9.17, 15) is 14.4 Å².